The van der Waals surface area contributed by atoms with Crippen molar-refractivity contribution in [2.24, 2.45) is 0 Å². The summed E-state index contributed by atoms with van der Waals surface area (Å²) in [4.78, 5) is 51.7. The number of methoxy groups -OCH3 is 1. The zero-order chi connectivity index (χ0) is 33.2. The van der Waals surface area contributed by atoms with E-state index in [-0.39, 0.29) is 33.9 Å². The van der Waals surface area contributed by atoms with Crippen molar-refractivity contribution in [3.8, 4) is 22.9 Å². The molecule has 0 aliphatic carbocycles. The SMILES string of the molecule is COc1cc(C(c2c(C)[nH]n(-c3ccccc3)c2=O)c2c(C)[nH]n(-c3ccccc3)c2=O)ccc1OC(=O)c1ccc([N+](=O)[O-])cc1. The number of carbonyl (C=O) groups is 1. The molecule has 2 aromatic heterocycles. The van der Waals surface area contributed by atoms with Gasteiger partial charge in [-0.15, -0.1) is 0 Å². The lowest BCUT2D eigenvalue weighted by Crippen LogP contribution is -2.25. The Kier molecular flexibility index (Phi) is 8.15. The zero-order valence-electron chi connectivity index (χ0n) is 25.6. The second-order valence-electron chi connectivity index (χ2n) is 10.8. The molecule has 0 bridgehead atoms. The van der Waals surface area contributed by atoms with Crippen LogP contribution in [0.3, 0.4) is 0 Å². The number of hydrogen-bond acceptors (Lipinski definition) is 7. The number of nitrogens with zero attached hydrogens (tertiary/aromatic N) is 3. The number of non-ortho nitro benzene ring substituents is 1. The van der Waals surface area contributed by atoms with Crippen LogP contribution in [0.25, 0.3) is 11.4 Å². The van der Waals surface area contributed by atoms with Crippen LogP contribution in [0.5, 0.6) is 11.5 Å². The molecule has 0 aliphatic rings. The van der Waals surface area contributed by atoms with E-state index < -0.39 is 16.8 Å². The monoisotopic (exact) mass is 631 g/mol. The van der Waals surface area contributed by atoms with Gasteiger partial charge >= 0.3 is 5.97 Å². The molecule has 0 amide bonds. The van der Waals surface area contributed by atoms with E-state index >= 15 is 0 Å². The third kappa shape index (κ3) is 5.75. The standard InChI is InChI=1S/C35H29N5O7/c1-21-30(33(41)38(36-21)25-10-6-4-7-11-25)32(31-22(2)37-39(34(31)42)26-12-8-5-9-13-26)24-16-19-28(29(20-24)46-3)47-35(43)23-14-17-27(18-15-23)40(44)45/h4-20,32,36-37H,1-3H3. The number of esters is 1. The van der Waals surface area contributed by atoms with Crippen molar-refractivity contribution in [3.63, 3.8) is 0 Å². The van der Waals surface area contributed by atoms with Gasteiger partial charge in [0.2, 0.25) is 0 Å². The molecule has 0 spiro atoms. The number of rotatable bonds is 9. The highest BCUT2D eigenvalue weighted by Crippen LogP contribution is 2.37. The van der Waals surface area contributed by atoms with Gasteiger partial charge in [-0.05, 0) is 67.9 Å². The minimum absolute atomic E-state index is 0.0818. The number of nitrogens with one attached hydrogen (secondary N) is 2. The molecule has 6 aromatic rings. The van der Waals surface area contributed by atoms with Crippen LogP contribution in [0.15, 0.2) is 113 Å². The third-order valence-electron chi connectivity index (χ3n) is 7.88. The van der Waals surface area contributed by atoms with Gasteiger partial charge in [-0.3, -0.25) is 29.9 Å². The average Bonchev–Trinajstić information content (AvgIpc) is 3.55. The van der Waals surface area contributed by atoms with Gasteiger partial charge in [-0.1, -0.05) is 42.5 Å². The summed E-state index contributed by atoms with van der Waals surface area (Å²) in [7, 11) is 1.41. The number of hydrogen-bond donors (Lipinski definition) is 2. The van der Waals surface area contributed by atoms with E-state index in [2.05, 4.69) is 10.2 Å². The number of ether oxygens (including phenoxy) is 2. The summed E-state index contributed by atoms with van der Waals surface area (Å²) < 4.78 is 14.1. The Labute approximate surface area is 267 Å². The smallest absolute Gasteiger partial charge is 0.343 e. The van der Waals surface area contributed by atoms with Crippen LogP contribution in [0, 0.1) is 24.0 Å². The van der Waals surface area contributed by atoms with Gasteiger partial charge in [0.25, 0.3) is 16.8 Å². The quantitative estimate of drug-likeness (QED) is 0.0914. The lowest BCUT2D eigenvalue weighted by molar-refractivity contribution is -0.384. The molecular formula is C35H29N5O7. The molecule has 0 radical (unpaired) electrons. The van der Waals surface area contributed by atoms with Crippen LogP contribution in [-0.2, 0) is 0 Å². The summed E-state index contributed by atoms with van der Waals surface area (Å²) in [6.07, 6.45) is 0. The zero-order valence-corrected chi connectivity index (χ0v) is 25.6. The highest BCUT2D eigenvalue weighted by molar-refractivity contribution is 5.91. The second kappa shape index (κ2) is 12.5. The molecular weight excluding hydrogens is 602 g/mol. The van der Waals surface area contributed by atoms with Gasteiger partial charge in [0.15, 0.2) is 11.5 Å². The molecule has 2 N–H and O–H groups in total. The van der Waals surface area contributed by atoms with Gasteiger partial charge in [0, 0.05) is 29.4 Å². The molecule has 0 atom stereocenters. The lowest BCUT2D eigenvalue weighted by Gasteiger charge is -2.18. The van der Waals surface area contributed by atoms with Crippen molar-refractivity contribution >= 4 is 11.7 Å². The number of aromatic nitrogens is 4. The van der Waals surface area contributed by atoms with E-state index in [1.54, 1.807) is 50.2 Å². The first-order valence-electron chi connectivity index (χ1n) is 14.6. The van der Waals surface area contributed by atoms with E-state index in [0.29, 0.717) is 39.5 Å². The predicted molar refractivity (Wildman–Crippen MR) is 174 cm³/mol. The number of benzene rings is 4. The topological polar surface area (TPSA) is 154 Å². The number of nitro benzene ring substituents is 1. The second-order valence-corrected chi connectivity index (χ2v) is 10.8. The van der Waals surface area contributed by atoms with Crippen molar-refractivity contribution in [2.75, 3.05) is 7.11 Å². The normalized spacial score (nSPS) is 11.1. The summed E-state index contributed by atoms with van der Waals surface area (Å²) >= 11 is 0. The van der Waals surface area contributed by atoms with E-state index in [0.717, 1.165) is 0 Å². The molecule has 236 valence electrons. The molecule has 4 aromatic carbocycles. The maximum absolute atomic E-state index is 14.1. The summed E-state index contributed by atoms with van der Waals surface area (Å²) in [6.45, 7) is 3.55. The number of carbonyl (C=O) groups excluding carboxylic acids is 1. The van der Waals surface area contributed by atoms with Gasteiger partial charge in [0.1, 0.15) is 0 Å². The third-order valence-corrected chi connectivity index (χ3v) is 7.88. The minimum atomic E-state index is -0.856. The van der Waals surface area contributed by atoms with Crippen LogP contribution in [0.1, 0.15) is 44.4 Å². The molecule has 0 saturated heterocycles. The van der Waals surface area contributed by atoms with E-state index in [9.17, 15) is 24.5 Å². The fraction of sp³-hybridized carbons (Fsp3) is 0.114. The molecule has 2 heterocycles. The molecule has 12 nitrogen and oxygen atoms in total. The molecule has 6 rings (SSSR count). The van der Waals surface area contributed by atoms with Crippen LogP contribution < -0.4 is 20.6 Å². The Morgan fingerprint density at radius 2 is 1.26 bits per heavy atom. The fourth-order valence-electron chi connectivity index (χ4n) is 5.62. The number of para-hydroxylation sites is 2. The van der Waals surface area contributed by atoms with Crippen LogP contribution in [-0.4, -0.2) is 37.6 Å². The molecule has 12 heteroatoms. The molecule has 0 saturated carbocycles. The van der Waals surface area contributed by atoms with Crippen molar-refractivity contribution in [3.05, 3.63) is 168 Å². The summed E-state index contributed by atoms with van der Waals surface area (Å²) in [5.74, 6) is -1.35. The first kappa shape index (κ1) is 30.6. The Hall–Kier alpha value is -6.43. The van der Waals surface area contributed by atoms with Crippen LogP contribution >= 0.6 is 0 Å². The van der Waals surface area contributed by atoms with E-state index in [4.69, 9.17) is 9.47 Å². The lowest BCUT2D eigenvalue weighted by atomic mass is 9.85. The maximum Gasteiger partial charge on any atom is 0.343 e. The first-order valence-corrected chi connectivity index (χ1v) is 14.6. The number of nitro groups is 1. The molecule has 0 aliphatic heterocycles. The average molecular weight is 632 g/mol. The van der Waals surface area contributed by atoms with Crippen LogP contribution in [0.2, 0.25) is 0 Å². The highest BCUT2D eigenvalue weighted by Gasteiger charge is 2.32. The molecule has 47 heavy (non-hydrogen) atoms. The van der Waals surface area contributed by atoms with Gasteiger partial charge in [-0.25, -0.2) is 14.2 Å². The number of aromatic amines is 2. The fourth-order valence-corrected chi connectivity index (χ4v) is 5.62. The minimum Gasteiger partial charge on any atom is -0.493 e. The summed E-state index contributed by atoms with van der Waals surface area (Å²) in [6, 6.07) is 28.1. The predicted octanol–water partition coefficient (Wildman–Crippen LogP) is 5.58. The Morgan fingerprint density at radius 3 is 1.72 bits per heavy atom. The Bertz CT molecular complexity index is 2120. The number of H-pyrrole nitrogens is 2. The summed E-state index contributed by atoms with van der Waals surface area (Å²) in [5, 5.41) is 17.3. The Balaban J connectivity index is 1.48. The van der Waals surface area contributed by atoms with E-state index in [1.807, 2.05) is 36.4 Å². The van der Waals surface area contributed by atoms with Gasteiger partial charge < -0.3 is 9.47 Å². The summed E-state index contributed by atoms with van der Waals surface area (Å²) in [5.41, 5.74) is 2.89. The number of aryl methyl sites for hydroxylation is 2. The van der Waals surface area contributed by atoms with Crippen molar-refractivity contribution < 1.29 is 19.2 Å². The van der Waals surface area contributed by atoms with Crippen molar-refractivity contribution in [1.82, 2.24) is 19.6 Å². The molecule has 0 unspecified atom stereocenters. The largest absolute Gasteiger partial charge is 0.493 e. The van der Waals surface area contributed by atoms with Crippen molar-refractivity contribution in [1.29, 1.82) is 0 Å². The van der Waals surface area contributed by atoms with Gasteiger partial charge in [-0.2, -0.15) is 0 Å². The van der Waals surface area contributed by atoms with Crippen LogP contribution in [0.4, 0.5) is 5.69 Å². The van der Waals surface area contributed by atoms with Crippen molar-refractivity contribution in [2.45, 2.75) is 19.8 Å². The maximum atomic E-state index is 14.1. The van der Waals surface area contributed by atoms with Gasteiger partial charge in [0.05, 0.1) is 40.1 Å². The molecule has 0 fully saturated rings. The first-order chi connectivity index (χ1) is 22.7. The highest BCUT2D eigenvalue weighted by atomic mass is 16.6. The van der Waals surface area contributed by atoms with E-state index in [1.165, 1.54) is 46.8 Å². The Morgan fingerprint density at radius 1 is 0.745 bits per heavy atom.